The number of rotatable bonds is 6. The van der Waals surface area contributed by atoms with Crippen molar-refractivity contribution in [3.8, 4) is 0 Å². The first-order chi connectivity index (χ1) is 10.7. The fourth-order valence-electron chi connectivity index (χ4n) is 2.35. The predicted molar refractivity (Wildman–Crippen MR) is 107 cm³/mol. The molecule has 23 heavy (non-hydrogen) atoms. The van der Waals surface area contributed by atoms with E-state index in [0.717, 1.165) is 50.4 Å². The molecular weight excluding hydrogens is 425 g/mol. The van der Waals surface area contributed by atoms with Crippen LogP contribution >= 0.6 is 35.3 Å². The second-order valence-electron chi connectivity index (χ2n) is 5.44. The van der Waals surface area contributed by atoms with Crippen molar-refractivity contribution < 1.29 is 4.74 Å². The molecule has 1 atom stereocenters. The van der Waals surface area contributed by atoms with Crippen molar-refractivity contribution >= 4 is 41.3 Å². The second kappa shape index (κ2) is 11.2. The lowest BCUT2D eigenvalue weighted by Crippen LogP contribution is -2.49. The number of hydrogen-bond donors (Lipinski definition) is 2. The molecule has 1 aliphatic rings. The number of guanidine groups is 1. The molecule has 0 saturated carbocycles. The van der Waals surface area contributed by atoms with Gasteiger partial charge in [-0.1, -0.05) is 0 Å². The Morgan fingerprint density at radius 1 is 1.43 bits per heavy atom. The number of nitrogens with one attached hydrogen (secondary N) is 2. The topological polar surface area (TPSA) is 61.8 Å². The van der Waals surface area contributed by atoms with Crippen LogP contribution in [0.3, 0.4) is 0 Å². The van der Waals surface area contributed by atoms with Crippen molar-refractivity contribution in [2.75, 3.05) is 39.4 Å². The zero-order valence-corrected chi connectivity index (χ0v) is 17.3. The van der Waals surface area contributed by atoms with Crippen molar-refractivity contribution in [1.29, 1.82) is 0 Å². The van der Waals surface area contributed by atoms with Gasteiger partial charge in [0.1, 0.15) is 5.01 Å². The van der Waals surface area contributed by atoms with E-state index in [0.29, 0.717) is 12.6 Å². The van der Waals surface area contributed by atoms with Gasteiger partial charge in [-0.25, -0.2) is 9.98 Å². The molecule has 8 heteroatoms. The van der Waals surface area contributed by atoms with Gasteiger partial charge in [0.25, 0.3) is 0 Å². The molecule has 2 rings (SSSR count). The molecule has 0 amide bonds. The zero-order valence-electron chi connectivity index (χ0n) is 14.2. The van der Waals surface area contributed by atoms with Crippen molar-refractivity contribution in [3.05, 3.63) is 16.1 Å². The fourth-order valence-corrected chi connectivity index (χ4v) is 3.07. The second-order valence-corrected chi connectivity index (χ2v) is 6.76. The lowest BCUT2D eigenvalue weighted by atomic mass is 10.2. The van der Waals surface area contributed by atoms with Gasteiger partial charge in [0.15, 0.2) is 5.96 Å². The minimum atomic E-state index is 0. The molecule has 1 aromatic rings. The Balaban J connectivity index is 0.00000264. The first-order valence-corrected chi connectivity index (χ1v) is 8.76. The van der Waals surface area contributed by atoms with E-state index in [2.05, 4.69) is 46.3 Å². The van der Waals surface area contributed by atoms with E-state index < -0.39 is 0 Å². The lowest BCUT2D eigenvalue weighted by Gasteiger charge is -2.32. The zero-order chi connectivity index (χ0) is 15.8. The molecule has 1 fully saturated rings. The first kappa shape index (κ1) is 20.6. The molecule has 132 valence electrons. The minimum Gasteiger partial charge on any atom is -0.379 e. The Morgan fingerprint density at radius 2 is 2.17 bits per heavy atom. The third kappa shape index (κ3) is 7.32. The molecule has 0 spiro atoms. The number of aliphatic imine (C=N–C) groups is 1. The molecular formula is C15H28IN5OS. The maximum absolute atomic E-state index is 5.40. The van der Waals surface area contributed by atoms with Crippen LogP contribution in [0.2, 0.25) is 0 Å². The average molecular weight is 453 g/mol. The first-order valence-electron chi connectivity index (χ1n) is 7.94. The van der Waals surface area contributed by atoms with Gasteiger partial charge in [-0.15, -0.1) is 35.3 Å². The van der Waals surface area contributed by atoms with Crippen LogP contribution in [0.5, 0.6) is 0 Å². The number of aryl methyl sites for hydroxylation is 1. The molecule has 1 saturated heterocycles. The smallest absolute Gasteiger partial charge is 0.191 e. The number of halogens is 1. The Labute approximate surface area is 160 Å². The van der Waals surface area contributed by atoms with E-state index in [-0.39, 0.29) is 24.0 Å². The van der Waals surface area contributed by atoms with E-state index >= 15 is 0 Å². The summed E-state index contributed by atoms with van der Waals surface area (Å²) in [5, 5.41) is 7.77. The van der Waals surface area contributed by atoms with E-state index in [1.54, 1.807) is 11.3 Å². The molecule has 0 radical (unpaired) electrons. The van der Waals surface area contributed by atoms with Crippen LogP contribution in [0, 0.1) is 6.92 Å². The summed E-state index contributed by atoms with van der Waals surface area (Å²) in [4.78, 5) is 12.6. The number of aromatic nitrogens is 1. The summed E-state index contributed by atoms with van der Waals surface area (Å²) in [6, 6.07) is 0.467. The highest BCUT2D eigenvalue weighted by Gasteiger charge is 2.16. The van der Waals surface area contributed by atoms with Gasteiger partial charge >= 0.3 is 0 Å². The third-order valence-electron chi connectivity index (χ3n) is 3.62. The largest absolute Gasteiger partial charge is 0.379 e. The Hall–Kier alpha value is -0.450. The number of hydrogen-bond acceptors (Lipinski definition) is 5. The van der Waals surface area contributed by atoms with Crippen molar-refractivity contribution in [3.63, 3.8) is 0 Å². The summed E-state index contributed by atoms with van der Waals surface area (Å²) in [5.74, 6) is 0.857. The van der Waals surface area contributed by atoms with Gasteiger partial charge < -0.3 is 15.4 Å². The maximum Gasteiger partial charge on any atom is 0.191 e. The molecule has 2 N–H and O–H groups in total. The molecule has 0 aromatic carbocycles. The van der Waals surface area contributed by atoms with Gasteiger partial charge in [0.05, 0.1) is 19.8 Å². The Morgan fingerprint density at radius 3 is 2.78 bits per heavy atom. The third-order valence-corrected chi connectivity index (χ3v) is 4.52. The van der Waals surface area contributed by atoms with E-state index in [9.17, 15) is 0 Å². The molecule has 1 aliphatic heterocycles. The van der Waals surface area contributed by atoms with Crippen LogP contribution in [0.4, 0.5) is 0 Å². The van der Waals surface area contributed by atoms with Crippen LogP contribution in [-0.4, -0.2) is 61.3 Å². The highest BCUT2D eigenvalue weighted by molar-refractivity contribution is 14.0. The summed E-state index contributed by atoms with van der Waals surface area (Å²) in [5.41, 5.74) is 0. The van der Waals surface area contributed by atoms with Gasteiger partial charge in [-0.3, -0.25) is 4.90 Å². The SMILES string of the molecule is CCNC(=NCc1ncc(C)s1)NCC(C)N1CCOCC1.I. The van der Waals surface area contributed by atoms with E-state index in [1.165, 1.54) is 4.88 Å². The number of morpholine rings is 1. The molecule has 0 bridgehead atoms. The van der Waals surface area contributed by atoms with Gasteiger partial charge in [-0.05, 0) is 20.8 Å². The number of nitrogens with zero attached hydrogens (tertiary/aromatic N) is 3. The molecule has 1 unspecified atom stereocenters. The van der Waals surface area contributed by atoms with E-state index in [1.807, 2.05) is 6.20 Å². The lowest BCUT2D eigenvalue weighted by molar-refractivity contribution is 0.0211. The fraction of sp³-hybridized carbons (Fsp3) is 0.733. The summed E-state index contributed by atoms with van der Waals surface area (Å²) < 4.78 is 5.40. The summed E-state index contributed by atoms with van der Waals surface area (Å²) >= 11 is 1.70. The molecule has 6 nitrogen and oxygen atoms in total. The average Bonchev–Trinajstić information content (AvgIpc) is 2.96. The maximum atomic E-state index is 5.40. The van der Waals surface area contributed by atoms with Crippen LogP contribution in [0.1, 0.15) is 23.7 Å². The van der Waals surface area contributed by atoms with Crippen molar-refractivity contribution in [2.45, 2.75) is 33.4 Å². The van der Waals surface area contributed by atoms with Gasteiger partial charge in [0.2, 0.25) is 0 Å². The summed E-state index contributed by atoms with van der Waals surface area (Å²) in [6.45, 7) is 12.4. The van der Waals surface area contributed by atoms with Gasteiger partial charge in [0, 0.05) is 43.3 Å². The normalized spacial score (nSPS) is 17.4. The van der Waals surface area contributed by atoms with Crippen molar-refractivity contribution in [2.24, 2.45) is 4.99 Å². The van der Waals surface area contributed by atoms with Crippen LogP contribution < -0.4 is 10.6 Å². The van der Waals surface area contributed by atoms with Crippen LogP contribution in [-0.2, 0) is 11.3 Å². The van der Waals surface area contributed by atoms with Crippen LogP contribution in [0.15, 0.2) is 11.2 Å². The van der Waals surface area contributed by atoms with Crippen LogP contribution in [0.25, 0.3) is 0 Å². The van der Waals surface area contributed by atoms with E-state index in [4.69, 9.17) is 4.74 Å². The minimum absolute atomic E-state index is 0. The Kier molecular flexibility index (Phi) is 10.00. The standard InChI is InChI=1S/C15H27N5OS.HI/c1-4-16-15(19-11-14-17-10-13(3)22-14)18-9-12(2)20-5-7-21-8-6-20;/h10,12H,4-9,11H2,1-3H3,(H2,16,18,19);1H. The highest BCUT2D eigenvalue weighted by Crippen LogP contribution is 2.11. The molecule has 2 heterocycles. The number of ether oxygens (including phenoxy) is 1. The highest BCUT2D eigenvalue weighted by atomic mass is 127. The van der Waals surface area contributed by atoms with Gasteiger partial charge in [-0.2, -0.15) is 0 Å². The molecule has 1 aromatic heterocycles. The Bertz CT molecular complexity index is 476. The van der Waals surface area contributed by atoms with Crippen molar-refractivity contribution in [1.82, 2.24) is 20.5 Å². The summed E-state index contributed by atoms with van der Waals surface area (Å²) in [7, 11) is 0. The predicted octanol–water partition coefficient (Wildman–Crippen LogP) is 1.85. The number of thiazole rings is 1. The summed E-state index contributed by atoms with van der Waals surface area (Å²) in [6.07, 6.45) is 1.90. The molecule has 0 aliphatic carbocycles. The monoisotopic (exact) mass is 453 g/mol. The quantitative estimate of drug-likeness (QED) is 0.391.